The summed E-state index contributed by atoms with van der Waals surface area (Å²) >= 11 is 0.808. The molecule has 0 spiro atoms. The third-order valence-electron chi connectivity index (χ3n) is 3.30. The number of nitrogens with one attached hydrogen (secondary N) is 1. The van der Waals surface area contributed by atoms with Gasteiger partial charge >= 0.3 is 5.97 Å². The fraction of sp³-hybridized carbons (Fsp3) is 0.636. The Morgan fingerprint density at radius 2 is 2.10 bits per heavy atom. The molecule has 1 aromatic rings. The summed E-state index contributed by atoms with van der Waals surface area (Å²) < 4.78 is 26.4. The Kier molecular flexibility index (Phi) is 5.27. The molecule has 1 saturated heterocycles. The number of hydrogen-bond donors (Lipinski definition) is 2. The van der Waals surface area contributed by atoms with Gasteiger partial charge in [-0.3, -0.25) is 4.90 Å². The van der Waals surface area contributed by atoms with E-state index in [0.717, 1.165) is 37.5 Å². The van der Waals surface area contributed by atoms with Crippen LogP contribution in [0.1, 0.15) is 10.5 Å². The molecule has 0 aromatic carbocycles. The first kappa shape index (κ1) is 16.3. The van der Waals surface area contributed by atoms with Gasteiger partial charge in [-0.15, -0.1) is 11.3 Å². The predicted octanol–water partition coefficient (Wildman–Crippen LogP) is -0.633. The van der Waals surface area contributed by atoms with Gasteiger partial charge in [0.25, 0.3) is 10.0 Å². The summed E-state index contributed by atoms with van der Waals surface area (Å²) in [5, 5.41) is 8.91. The van der Waals surface area contributed by atoms with Crippen molar-refractivity contribution < 1.29 is 18.3 Å². The number of aromatic nitrogens is 1. The summed E-state index contributed by atoms with van der Waals surface area (Å²) in [6.45, 7) is 4.59. The Labute approximate surface area is 127 Å². The molecular formula is C11H18N4O4S2. The lowest BCUT2D eigenvalue weighted by atomic mass is 10.3. The average molecular weight is 334 g/mol. The van der Waals surface area contributed by atoms with E-state index in [1.807, 2.05) is 0 Å². The maximum atomic E-state index is 12.1. The first-order valence-electron chi connectivity index (χ1n) is 6.47. The highest BCUT2D eigenvalue weighted by atomic mass is 32.2. The van der Waals surface area contributed by atoms with E-state index in [0.29, 0.717) is 6.54 Å². The highest BCUT2D eigenvalue weighted by Crippen LogP contribution is 2.19. The number of carboxylic acid groups (broad SMARTS) is 1. The maximum absolute atomic E-state index is 12.1. The zero-order chi connectivity index (χ0) is 15.5. The largest absolute Gasteiger partial charge is 0.476 e. The van der Waals surface area contributed by atoms with Crippen LogP contribution in [0.2, 0.25) is 0 Å². The molecule has 10 heteroatoms. The second-order valence-corrected chi connectivity index (χ2v) is 7.65. The van der Waals surface area contributed by atoms with E-state index in [1.54, 1.807) is 0 Å². The summed E-state index contributed by atoms with van der Waals surface area (Å²) in [6.07, 6.45) is 0. The van der Waals surface area contributed by atoms with Crippen molar-refractivity contribution >= 4 is 27.3 Å². The van der Waals surface area contributed by atoms with Crippen LogP contribution in [0.25, 0.3) is 0 Å². The summed E-state index contributed by atoms with van der Waals surface area (Å²) in [5.74, 6) is -1.34. The minimum atomic E-state index is -3.82. The molecule has 1 aliphatic rings. The van der Waals surface area contributed by atoms with E-state index < -0.39 is 21.7 Å². The molecule has 21 heavy (non-hydrogen) atoms. The summed E-state index contributed by atoms with van der Waals surface area (Å²) in [5.41, 5.74) is 0.797. The molecule has 0 atom stereocenters. The van der Waals surface area contributed by atoms with Gasteiger partial charge in [-0.25, -0.2) is 22.9 Å². The van der Waals surface area contributed by atoms with Crippen LogP contribution in [0, 0.1) is 0 Å². The molecule has 2 rings (SSSR count). The van der Waals surface area contributed by atoms with Gasteiger partial charge in [-0.05, 0) is 7.05 Å². The number of piperazine rings is 1. The highest BCUT2D eigenvalue weighted by Gasteiger charge is 2.25. The molecule has 2 heterocycles. The van der Waals surface area contributed by atoms with Crippen molar-refractivity contribution in [3.05, 3.63) is 11.2 Å². The monoisotopic (exact) mass is 334 g/mol. The molecule has 0 radical (unpaired) electrons. The topological polar surface area (TPSA) is 103 Å². The Hall–Kier alpha value is -1.07. The van der Waals surface area contributed by atoms with Gasteiger partial charge < -0.3 is 10.0 Å². The molecule has 1 aliphatic heterocycles. The van der Waals surface area contributed by atoms with E-state index in [-0.39, 0.29) is 10.8 Å². The minimum absolute atomic E-state index is 0.242. The number of carboxylic acids is 1. The standard InChI is InChI=1S/C11H18N4O4S2/c1-14-4-6-15(7-5-14)3-2-13-21(18,19)11-9(10(16)17)12-8-20-11/h8,13H,2-7H2,1H3,(H,16,17). The lowest BCUT2D eigenvalue weighted by molar-refractivity contribution is 0.0687. The fourth-order valence-corrected chi connectivity index (χ4v) is 4.25. The molecule has 0 saturated carbocycles. The number of carbonyl (C=O) groups is 1. The van der Waals surface area contributed by atoms with Crippen molar-refractivity contribution in [1.82, 2.24) is 19.5 Å². The van der Waals surface area contributed by atoms with Crippen molar-refractivity contribution in [1.29, 1.82) is 0 Å². The third kappa shape index (κ3) is 4.20. The van der Waals surface area contributed by atoms with E-state index in [1.165, 1.54) is 5.51 Å². The van der Waals surface area contributed by atoms with Crippen molar-refractivity contribution in [2.75, 3.05) is 46.3 Å². The normalized spacial score (nSPS) is 18.0. The van der Waals surface area contributed by atoms with Crippen LogP contribution in [0.5, 0.6) is 0 Å². The Bertz CT molecular complexity index is 593. The summed E-state index contributed by atoms with van der Waals surface area (Å²) in [4.78, 5) is 18.9. The van der Waals surface area contributed by atoms with E-state index in [4.69, 9.17) is 5.11 Å². The zero-order valence-electron chi connectivity index (χ0n) is 11.7. The zero-order valence-corrected chi connectivity index (χ0v) is 13.3. The van der Waals surface area contributed by atoms with Crippen molar-refractivity contribution in [3.8, 4) is 0 Å². The predicted molar refractivity (Wildman–Crippen MR) is 78.2 cm³/mol. The van der Waals surface area contributed by atoms with Gasteiger partial charge in [0.15, 0.2) is 9.90 Å². The van der Waals surface area contributed by atoms with Crippen LogP contribution in [0.3, 0.4) is 0 Å². The lowest BCUT2D eigenvalue weighted by Gasteiger charge is -2.32. The van der Waals surface area contributed by atoms with Crippen LogP contribution in [-0.2, 0) is 10.0 Å². The first-order chi connectivity index (χ1) is 9.90. The van der Waals surface area contributed by atoms with Gasteiger partial charge in [-0.1, -0.05) is 0 Å². The quantitative estimate of drug-likeness (QED) is 0.714. The molecule has 0 unspecified atom stereocenters. The maximum Gasteiger partial charge on any atom is 0.356 e. The number of hydrogen-bond acceptors (Lipinski definition) is 7. The number of thiazole rings is 1. The number of rotatable bonds is 6. The fourth-order valence-electron chi connectivity index (χ4n) is 2.04. The molecule has 0 bridgehead atoms. The molecule has 1 fully saturated rings. The van der Waals surface area contributed by atoms with Gasteiger partial charge in [0, 0.05) is 39.3 Å². The SMILES string of the molecule is CN1CCN(CCNS(=O)(=O)c2scnc2C(=O)O)CC1. The summed E-state index contributed by atoms with van der Waals surface area (Å²) in [6, 6.07) is 0. The molecular weight excluding hydrogens is 316 g/mol. The van der Waals surface area contributed by atoms with Crippen LogP contribution >= 0.6 is 11.3 Å². The Morgan fingerprint density at radius 1 is 1.43 bits per heavy atom. The highest BCUT2D eigenvalue weighted by molar-refractivity contribution is 7.91. The van der Waals surface area contributed by atoms with Gasteiger partial charge in [0.1, 0.15) is 0 Å². The van der Waals surface area contributed by atoms with E-state index in [2.05, 4.69) is 26.6 Å². The number of nitrogens with zero attached hydrogens (tertiary/aromatic N) is 3. The lowest BCUT2D eigenvalue weighted by Crippen LogP contribution is -2.46. The Morgan fingerprint density at radius 3 is 2.71 bits per heavy atom. The second kappa shape index (κ2) is 6.79. The first-order valence-corrected chi connectivity index (χ1v) is 8.84. The number of likely N-dealkylation sites (N-methyl/N-ethyl adjacent to an activating group) is 1. The van der Waals surface area contributed by atoms with Gasteiger partial charge in [0.2, 0.25) is 0 Å². The van der Waals surface area contributed by atoms with Gasteiger partial charge in [-0.2, -0.15) is 0 Å². The van der Waals surface area contributed by atoms with Crippen LogP contribution in [0.15, 0.2) is 9.72 Å². The van der Waals surface area contributed by atoms with E-state index in [9.17, 15) is 13.2 Å². The van der Waals surface area contributed by atoms with Crippen molar-refractivity contribution in [3.63, 3.8) is 0 Å². The van der Waals surface area contributed by atoms with E-state index >= 15 is 0 Å². The van der Waals surface area contributed by atoms with Crippen LogP contribution < -0.4 is 4.72 Å². The second-order valence-electron chi connectivity index (χ2n) is 4.84. The third-order valence-corrected chi connectivity index (χ3v) is 6.13. The molecule has 8 nitrogen and oxygen atoms in total. The van der Waals surface area contributed by atoms with Gasteiger partial charge in [0.05, 0.1) is 5.51 Å². The molecule has 0 amide bonds. The Balaban J connectivity index is 1.90. The summed E-state index contributed by atoms with van der Waals surface area (Å²) in [7, 11) is -1.76. The van der Waals surface area contributed by atoms with Crippen LogP contribution in [0.4, 0.5) is 0 Å². The molecule has 2 N–H and O–H groups in total. The molecule has 1 aromatic heterocycles. The average Bonchev–Trinajstić information content (AvgIpc) is 2.91. The molecule has 0 aliphatic carbocycles. The molecule has 118 valence electrons. The van der Waals surface area contributed by atoms with Crippen molar-refractivity contribution in [2.45, 2.75) is 4.21 Å². The smallest absolute Gasteiger partial charge is 0.356 e. The number of sulfonamides is 1. The van der Waals surface area contributed by atoms with Crippen LogP contribution in [-0.4, -0.2) is 80.6 Å². The van der Waals surface area contributed by atoms with Crippen molar-refractivity contribution in [2.24, 2.45) is 0 Å². The number of aromatic carboxylic acids is 1. The minimum Gasteiger partial charge on any atom is -0.476 e.